The lowest BCUT2D eigenvalue weighted by molar-refractivity contribution is 0.112. The van der Waals surface area contributed by atoms with E-state index < -0.39 is 6.04 Å². The molecule has 0 unspecified atom stereocenters. The van der Waals surface area contributed by atoms with Gasteiger partial charge in [-0.3, -0.25) is 4.99 Å². The van der Waals surface area contributed by atoms with Gasteiger partial charge >= 0.3 is 6.09 Å². The van der Waals surface area contributed by atoms with Gasteiger partial charge in [0.15, 0.2) is 10.8 Å². The maximum Gasteiger partial charge on any atom is 0.409 e. The summed E-state index contributed by atoms with van der Waals surface area (Å²) in [6.45, 7) is 4.26. The number of amidine groups is 1. The summed E-state index contributed by atoms with van der Waals surface area (Å²) in [5.41, 5.74) is 2.70. The maximum atomic E-state index is 13.8. The molecule has 2 aromatic rings. The van der Waals surface area contributed by atoms with Crippen molar-refractivity contribution in [2.75, 3.05) is 40.0 Å². The fourth-order valence-electron chi connectivity index (χ4n) is 3.78. The maximum absolute atomic E-state index is 13.8. The lowest BCUT2D eigenvalue weighted by atomic mass is 9.94. The van der Waals surface area contributed by atoms with E-state index >= 15 is 0 Å². The van der Waals surface area contributed by atoms with Gasteiger partial charge in [0.05, 0.1) is 20.3 Å². The molecule has 0 bridgehead atoms. The summed E-state index contributed by atoms with van der Waals surface area (Å²) < 4.78 is 25.2. The van der Waals surface area contributed by atoms with Gasteiger partial charge in [-0.15, -0.1) is 11.3 Å². The number of thiazole rings is 1. The third-order valence-corrected chi connectivity index (χ3v) is 6.70. The normalized spacial score (nSPS) is 18.7. The summed E-state index contributed by atoms with van der Waals surface area (Å²) in [5, 5.41) is 2.70. The van der Waals surface area contributed by atoms with E-state index in [0.29, 0.717) is 37.3 Å². The Morgan fingerprint density at radius 3 is 2.90 bits per heavy atom. The summed E-state index contributed by atoms with van der Waals surface area (Å²) in [5.74, 6) is 0.418. The van der Waals surface area contributed by atoms with E-state index in [1.54, 1.807) is 17.2 Å². The molecule has 0 spiro atoms. The number of hydrogen-bond acceptors (Lipinski definition) is 7. The van der Waals surface area contributed by atoms with Gasteiger partial charge in [-0.2, -0.15) is 0 Å². The van der Waals surface area contributed by atoms with E-state index in [4.69, 9.17) is 14.5 Å². The van der Waals surface area contributed by atoms with Crippen LogP contribution in [0.15, 0.2) is 50.5 Å². The number of carbonyl (C=O) groups is 1. The van der Waals surface area contributed by atoms with Crippen molar-refractivity contribution in [3.05, 3.63) is 61.9 Å². The molecular formula is C21H22BrFN4O3S. The summed E-state index contributed by atoms with van der Waals surface area (Å²) in [7, 11) is 1.38. The Balaban J connectivity index is 1.85. The molecule has 3 heterocycles. The second-order valence-electron chi connectivity index (χ2n) is 7.01. The fraction of sp³-hybridized carbons (Fsp3) is 0.381. The number of aromatic nitrogens is 1. The first-order valence-corrected chi connectivity index (χ1v) is 11.5. The highest BCUT2D eigenvalue weighted by Gasteiger charge is 2.37. The molecule has 1 aromatic carbocycles. The molecule has 10 heteroatoms. The Kier molecular flexibility index (Phi) is 6.68. The molecule has 1 amide bonds. The minimum atomic E-state index is -0.399. The van der Waals surface area contributed by atoms with E-state index in [2.05, 4.69) is 25.8 Å². The van der Waals surface area contributed by atoms with Crippen LogP contribution in [0.4, 0.5) is 9.18 Å². The van der Waals surface area contributed by atoms with Gasteiger partial charge in [0.2, 0.25) is 0 Å². The summed E-state index contributed by atoms with van der Waals surface area (Å²) in [6, 6.07) is 4.20. The number of ether oxygens (including phenoxy) is 2. The minimum absolute atomic E-state index is 0.328. The van der Waals surface area contributed by atoms with E-state index in [0.717, 1.165) is 27.7 Å². The van der Waals surface area contributed by atoms with Gasteiger partial charge in [0, 0.05) is 47.0 Å². The third-order valence-electron chi connectivity index (χ3n) is 5.24. The first-order chi connectivity index (χ1) is 15.0. The van der Waals surface area contributed by atoms with Crippen LogP contribution in [-0.2, 0) is 9.47 Å². The molecular weight excluding hydrogens is 487 g/mol. The lowest BCUT2D eigenvalue weighted by Crippen LogP contribution is -2.51. The van der Waals surface area contributed by atoms with Crippen LogP contribution in [-0.4, -0.2) is 66.7 Å². The topological polar surface area (TPSA) is 67.3 Å². The average Bonchev–Trinajstić information content (AvgIpc) is 3.31. The molecule has 1 saturated heterocycles. The largest absolute Gasteiger partial charge is 0.453 e. The third kappa shape index (κ3) is 4.37. The quantitative estimate of drug-likeness (QED) is 0.604. The number of amides is 1. The Morgan fingerprint density at radius 2 is 2.23 bits per heavy atom. The number of nitrogens with zero attached hydrogens (tertiary/aromatic N) is 4. The highest BCUT2D eigenvalue weighted by atomic mass is 79.9. The van der Waals surface area contributed by atoms with E-state index in [-0.39, 0.29) is 11.9 Å². The number of aliphatic imine (C=N–C) groups is 1. The van der Waals surface area contributed by atoms with Crippen LogP contribution >= 0.6 is 27.3 Å². The smallest absolute Gasteiger partial charge is 0.409 e. The van der Waals surface area contributed by atoms with Crippen LogP contribution in [0.3, 0.4) is 0 Å². The molecule has 1 fully saturated rings. The van der Waals surface area contributed by atoms with E-state index in [1.165, 1.54) is 30.6 Å². The first-order valence-electron chi connectivity index (χ1n) is 9.86. The van der Waals surface area contributed by atoms with Crippen LogP contribution in [0.2, 0.25) is 0 Å². The molecule has 164 valence electrons. The van der Waals surface area contributed by atoms with Gasteiger partial charge in [-0.25, -0.2) is 14.2 Å². The van der Waals surface area contributed by atoms with Gasteiger partial charge in [-0.1, -0.05) is 22.0 Å². The molecule has 1 atom stereocenters. The van der Waals surface area contributed by atoms with Crippen molar-refractivity contribution in [2.45, 2.75) is 13.0 Å². The summed E-state index contributed by atoms with van der Waals surface area (Å²) >= 11 is 5.00. The van der Waals surface area contributed by atoms with Crippen LogP contribution in [0.5, 0.6) is 0 Å². The monoisotopic (exact) mass is 508 g/mol. The van der Waals surface area contributed by atoms with Gasteiger partial charge in [-0.05, 0) is 24.6 Å². The molecule has 0 N–H and O–H groups in total. The SMILES string of the molecule is CCOCC1=C2CN(C(=O)OC)CCN2C(c2nccs2)=N[C@H]1c1ccc(F)cc1Br. The number of piperazine rings is 1. The molecule has 0 radical (unpaired) electrons. The first kappa shape index (κ1) is 21.9. The van der Waals surface area contributed by atoms with Crippen molar-refractivity contribution in [3.8, 4) is 0 Å². The number of benzene rings is 1. The summed E-state index contributed by atoms with van der Waals surface area (Å²) in [4.78, 5) is 25.6. The second-order valence-corrected chi connectivity index (χ2v) is 8.76. The van der Waals surface area contributed by atoms with Crippen molar-refractivity contribution in [2.24, 2.45) is 4.99 Å². The Labute approximate surface area is 192 Å². The van der Waals surface area contributed by atoms with Crippen LogP contribution < -0.4 is 0 Å². The fourth-order valence-corrected chi connectivity index (χ4v) is 4.99. The Bertz CT molecular complexity index is 1030. The molecule has 31 heavy (non-hydrogen) atoms. The number of fused-ring (bicyclic) bond motifs is 1. The number of rotatable bonds is 5. The predicted octanol–water partition coefficient (Wildman–Crippen LogP) is 4.22. The lowest BCUT2D eigenvalue weighted by Gasteiger charge is -2.42. The number of carbonyl (C=O) groups excluding carboxylic acids is 1. The van der Waals surface area contributed by atoms with Crippen molar-refractivity contribution in [1.29, 1.82) is 0 Å². The number of methoxy groups -OCH3 is 1. The molecule has 7 nitrogen and oxygen atoms in total. The van der Waals surface area contributed by atoms with Crippen LogP contribution in [0.25, 0.3) is 0 Å². The van der Waals surface area contributed by atoms with E-state index in [9.17, 15) is 9.18 Å². The van der Waals surface area contributed by atoms with Gasteiger partial charge in [0.1, 0.15) is 11.9 Å². The van der Waals surface area contributed by atoms with Gasteiger partial charge < -0.3 is 19.3 Å². The Hall–Kier alpha value is -2.30. The molecule has 0 saturated carbocycles. The van der Waals surface area contributed by atoms with Crippen LogP contribution in [0.1, 0.15) is 23.5 Å². The van der Waals surface area contributed by atoms with Crippen molar-refractivity contribution >= 4 is 39.2 Å². The second kappa shape index (κ2) is 9.46. The predicted molar refractivity (Wildman–Crippen MR) is 120 cm³/mol. The standard InChI is InChI=1S/C21H22BrFN4O3S/c1-3-30-12-15-17-11-26(21(28)29-2)7-8-27(17)19(20-24-6-9-31-20)25-18(15)14-5-4-13(23)10-16(14)22/h4-6,9-10,18H,3,7-8,11-12H2,1-2H3/t18-/m0/s1. The van der Waals surface area contributed by atoms with Crippen molar-refractivity contribution < 1.29 is 18.7 Å². The van der Waals surface area contributed by atoms with Crippen molar-refractivity contribution in [1.82, 2.24) is 14.8 Å². The molecule has 0 aliphatic carbocycles. The zero-order valence-corrected chi connectivity index (χ0v) is 19.6. The average molecular weight is 509 g/mol. The highest BCUT2D eigenvalue weighted by molar-refractivity contribution is 9.10. The highest BCUT2D eigenvalue weighted by Crippen LogP contribution is 2.40. The number of hydrogen-bond donors (Lipinski definition) is 0. The van der Waals surface area contributed by atoms with Crippen LogP contribution in [0, 0.1) is 5.82 Å². The molecule has 1 aromatic heterocycles. The zero-order chi connectivity index (χ0) is 22.0. The summed E-state index contributed by atoms with van der Waals surface area (Å²) in [6.07, 6.45) is 1.37. The van der Waals surface area contributed by atoms with Gasteiger partial charge in [0.25, 0.3) is 0 Å². The number of halogens is 2. The minimum Gasteiger partial charge on any atom is -0.453 e. The Morgan fingerprint density at radius 1 is 1.39 bits per heavy atom. The zero-order valence-electron chi connectivity index (χ0n) is 17.2. The van der Waals surface area contributed by atoms with Crippen molar-refractivity contribution in [3.63, 3.8) is 0 Å². The van der Waals surface area contributed by atoms with E-state index in [1.807, 2.05) is 12.3 Å². The molecule has 2 aliphatic rings. The molecule has 4 rings (SSSR count). The molecule has 2 aliphatic heterocycles.